The van der Waals surface area contributed by atoms with Crippen LogP contribution >= 0.6 is 0 Å². The Balaban J connectivity index is 1.49. The molecule has 2 atom stereocenters. The van der Waals surface area contributed by atoms with E-state index in [-0.39, 0.29) is 11.3 Å². The van der Waals surface area contributed by atoms with Gasteiger partial charge in [0, 0.05) is 44.2 Å². The number of nitrogens with zero attached hydrogens (tertiary/aromatic N) is 4. The lowest BCUT2D eigenvalue weighted by atomic mass is 9.71. The van der Waals surface area contributed by atoms with Gasteiger partial charge in [0.1, 0.15) is 5.82 Å². The van der Waals surface area contributed by atoms with E-state index in [1.165, 1.54) is 5.57 Å². The maximum atomic E-state index is 12.9. The van der Waals surface area contributed by atoms with Gasteiger partial charge in [0.05, 0.1) is 17.7 Å². The zero-order chi connectivity index (χ0) is 19.6. The summed E-state index contributed by atoms with van der Waals surface area (Å²) in [6.07, 6.45) is 9.78. The van der Waals surface area contributed by atoms with Crippen molar-refractivity contribution >= 4 is 11.7 Å². The summed E-state index contributed by atoms with van der Waals surface area (Å²) in [5.41, 5.74) is 1.55. The summed E-state index contributed by atoms with van der Waals surface area (Å²) in [5.74, 6) is 0.978. The number of aliphatic hydroxyl groups is 1. The Morgan fingerprint density at radius 2 is 2.25 bits per heavy atom. The number of amides is 1. The minimum Gasteiger partial charge on any atom is -0.392 e. The van der Waals surface area contributed by atoms with Gasteiger partial charge >= 0.3 is 0 Å². The number of anilines is 1. The van der Waals surface area contributed by atoms with Crippen LogP contribution in [-0.4, -0.2) is 53.2 Å². The smallest absolute Gasteiger partial charge is 0.226 e. The maximum absolute atomic E-state index is 12.9. The lowest BCUT2D eigenvalue weighted by Crippen LogP contribution is -2.60. The van der Waals surface area contributed by atoms with Gasteiger partial charge in [-0.1, -0.05) is 11.6 Å². The Bertz CT molecular complexity index is 815. The molecule has 2 aliphatic heterocycles. The van der Waals surface area contributed by atoms with Crippen LogP contribution in [0.5, 0.6) is 0 Å². The number of nitriles is 1. The van der Waals surface area contributed by atoms with E-state index in [0.29, 0.717) is 38.0 Å². The van der Waals surface area contributed by atoms with Gasteiger partial charge in [-0.25, -0.2) is 4.98 Å². The predicted octanol–water partition coefficient (Wildman–Crippen LogP) is 2.63. The molecule has 1 aromatic rings. The molecule has 2 saturated heterocycles. The molecular weight excluding hydrogens is 352 g/mol. The second-order valence-corrected chi connectivity index (χ2v) is 8.45. The number of hydrogen-bond donors (Lipinski definition) is 1. The van der Waals surface area contributed by atoms with Crippen LogP contribution in [0.25, 0.3) is 0 Å². The van der Waals surface area contributed by atoms with Crippen LogP contribution in [0.4, 0.5) is 5.82 Å². The predicted molar refractivity (Wildman–Crippen MR) is 107 cm³/mol. The van der Waals surface area contributed by atoms with Crippen molar-refractivity contribution in [2.75, 3.05) is 31.1 Å². The molecule has 2 fully saturated rings. The second kappa shape index (κ2) is 7.92. The highest BCUT2D eigenvalue weighted by molar-refractivity contribution is 5.79. The van der Waals surface area contributed by atoms with Gasteiger partial charge in [-0.3, -0.25) is 4.79 Å². The van der Waals surface area contributed by atoms with Crippen molar-refractivity contribution < 1.29 is 9.90 Å². The van der Waals surface area contributed by atoms with Crippen LogP contribution in [0.15, 0.2) is 30.0 Å². The maximum Gasteiger partial charge on any atom is 0.226 e. The molecule has 1 amide bonds. The molecule has 3 heterocycles. The number of piperidine rings is 2. The summed E-state index contributed by atoms with van der Waals surface area (Å²) in [7, 11) is 0. The first kappa shape index (κ1) is 18.9. The van der Waals surface area contributed by atoms with Crippen LogP contribution in [0, 0.1) is 16.7 Å². The minimum atomic E-state index is -0.413. The first-order valence-electron chi connectivity index (χ1n) is 10.3. The number of allylic oxidation sites excluding steroid dienone is 1. The highest BCUT2D eigenvalue weighted by Gasteiger charge is 2.46. The van der Waals surface area contributed by atoms with Gasteiger partial charge < -0.3 is 14.9 Å². The average Bonchev–Trinajstić information content (AvgIpc) is 3.23. The molecule has 6 heteroatoms. The zero-order valence-corrected chi connectivity index (χ0v) is 16.3. The number of aliphatic hydroxyl groups excluding tert-OH is 1. The molecule has 4 rings (SSSR count). The van der Waals surface area contributed by atoms with Gasteiger partial charge in [-0.05, 0) is 50.7 Å². The molecule has 3 aliphatic rings. The Morgan fingerprint density at radius 1 is 1.36 bits per heavy atom. The molecule has 0 radical (unpaired) electrons. The summed E-state index contributed by atoms with van der Waals surface area (Å²) in [6, 6.07) is 5.68. The summed E-state index contributed by atoms with van der Waals surface area (Å²) in [5, 5.41) is 20.1. The van der Waals surface area contributed by atoms with E-state index in [9.17, 15) is 15.2 Å². The van der Waals surface area contributed by atoms with Crippen molar-refractivity contribution in [3.05, 3.63) is 35.5 Å². The fourth-order valence-electron chi connectivity index (χ4n) is 4.98. The van der Waals surface area contributed by atoms with Crippen LogP contribution in [0.3, 0.4) is 0 Å². The summed E-state index contributed by atoms with van der Waals surface area (Å²) < 4.78 is 0. The third-order valence-corrected chi connectivity index (χ3v) is 6.56. The van der Waals surface area contributed by atoms with Crippen molar-refractivity contribution in [3.63, 3.8) is 0 Å². The number of pyridine rings is 1. The van der Waals surface area contributed by atoms with Crippen molar-refractivity contribution in [2.24, 2.45) is 5.41 Å². The van der Waals surface area contributed by atoms with Crippen molar-refractivity contribution in [3.8, 4) is 6.07 Å². The van der Waals surface area contributed by atoms with Crippen LogP contribution in [-0.2, 0) is 4.79 Å². The molecule has 6 nitrogen and oxygen atoms in total. The minimum absolute atomic E-state index is 0.196. The SMILES string of the molecule is N#Cc1ccnc(N2CC[C@@H](O)[C@]3(CCCN(C(=O)CC4=CCCC4)C3)C2)c1. The van der Waals surface area contributed by atoms with Gasteiger partial charge in [0.25, 0.3) is 0 Å². The van der Waals surface area contributed by atoms with Crippen molar-refractivity contribution in [1.82, 2.24) is 9.88 Å². The molecule has 1 spiro atoms. The normalized spacial score (nSPS) is 27.6. The van der Waals surface area contributed by atoms with E-state index in [0.717, 1.165) is 44.5 Å². The first-order chi connectivity index (χ1) is 13.6. The van der Waals surface area contributed by atoms with Crippen molar-refractivity contribution in [2.45, 2.75) is 51.0 Å². The van der Waals surface area contributed by atoms with E-state index >= 15 is 0 Å². The molecule has 148 valence electrons. The largest absolute Gasteiger partial charge is 0.392 e. The van der Waals surface area contributed by atoms with E-state index in [1.807, 2.05) is 11.0 Å². The van der Waals surface area contributed by atoms with Gasteiger partial charge in [0.15, 0.2) is 0 Å². The van der Waals surface area contributed by atoms with Crippen LogP contribution < -0.4 is 4.90 Å². The number of carbonyl (C=O) groups is 1. The summed E-state index contributed by atoms with van der Waals surface area (Å²) in [4.78, 5) is 21.4. The molecule has 0 unspecified atom stereocenters. The van der Waals surface area contributed by atoms with Gasteiger partial charge in [-0.15, -0.1) is 0 Å². The van der Waals surface area contributed by atoms with E-state index < -0.39 is 6.10 Å². The molecule has 28 heavy (non-hydrogen) atoms. The van der Waals surface area contributed by atoms with Crippen molar-refractivity contribution in [1.29, 1.82) is 5.26 Å². The van der Waals surface area contributed by atoms with Gasteiger partial charge in [0.2, 0.25) is 5.91 Å². The zero-order valence-electron chi connectivity index (χ0n) is 16.3. The second-order valence-electron chi connectivity index (χ2n) is 8.45. The highest BCUT2D eigenvalue weighted by Crippen LogP contribution is 2.40. The average molecular weight is 380 g/mol. The number of likely N-dealkylation sites (tertiary alicyclic amines) is 1. The third-order valence-electron chi connectivity index (χ3n) is 6.56. The Labute approximate surface area is 166 Å². The molecular formula is C22H28N4O2. The Kier molecular flexibility index (Phi) is 5.36. The Morgan fingerprint density at radius 3 is 3.04 bits per heavy atom. The molecule has 1 aromatic heterocycles. The Hall–Kier alpha value is -2.39. The lowest BCUT2D eigenvalue weighted by Gasteiger charge is -2.51. The first-order valence-corrected chi connectivity index (χ1v) is 10.3. The lowest BCUT2D eigenvalue weighted by molar-refractivity contribution is -0.137. The highest BCUT2D eigenvalue weighted by atomic mass is 16.3. The number of aromatic nitrogens is 1. The van der Waals surface area contributed by atoms with E-state index in [2.05, 4.69) is 22.0 Å². The number of rotatable bonds is 3. The van der Waals surface area contributed by atoms with E-state index in [4.69, 9.17) is 0 Å². The van der Waals surface area contributed by atoms with E-state index in [1.54, 1.807) is 12.3 Å². The molecule has 0 bridgehead atoms. The van der Waals surface area contributed by atoms with Crippen LogP contribution in [0.1, 0.15) is 50.5 Å². The number of carbonyl (C=O) groups excluding carboxylic acids is 1. The summed E-state index contributed by atoms with van der Waals surface area (Å²) >= 11 is 0. The number of hydrogen-bond acceptors (Lipinski definition) is 5. The third kappa shape index (κ3) is 3.77. The van der Waals surface area contributed by atoms with Gasteiger partial charge in [-0.2, -0.15) is 5.26 Å². The molecule has 1 aliphatic carbocycles. The fraction of sp³-hybridized carbons (Fsp3) is 0.591. The van der Waals surface area contributed by atoms with Crippen LogP contribution in [0.2, 0.25) is 0 Å². The molecule has 1 N–H and O–H groups in total. The monoisotopic (exact) mass is 380 g/mol. The standard InChI is InChI=1S/C22H28N4O2/c23-14-18-6-9-24-20(12-18)25-11-7-19(27)22(15-25)8-3-10-26(16-22)21(28)13-17-4-1-2-5-17/h4,6,9,12,19,27H,1-3,5,7-8,10-11,13,15-16H2/t19-,22-/m1/s1. The fourth-order valence-corrected chi connectivity index (χ4v) is 4.98. The summed E-state index contributed by atoms with van der Waals surface area (Å²) in [6.45, 7) is 2.77. The molecule has 0 saturated carbocycles. The molecule has 0 aromatic carbocycles. The quantitative estimate of drug-likeness (QED) is 0.816. The topological polar surface area (TPSA) is 80.5 Å².